The van der Waals surface area contributed by atoms with Gasteiger partial charge in [-0.25, -0.2) is 0 Å². The van der Waals surface area contributed by atoms with Gasteiger partial charge in [0.1, 0.15) is 0 Å². The van der Waals surface area contributed by atoms with Crippen molar-refractivity contribution in [2.75, 3.05) is 0 Å². The quantitative estimate of drug-likeness (QED) is 0.597. The summed E-state index contributed by atoms with van der Waals surface area (Å²) in [6.45, 7) is 0. The van der Waals surface area contributed by atoms with E-state index >= 15 is 0 Å². The second-order valence-electron chi connectivity index (χ2n) is 0.500. The summed E-state index contributed by atoms with van der Waals surface area (Å²) in [7, 11) is 0. The molecule has 0 amide bonds. The molecule has 0 aliphatic heterocycles. The summed E-state index contributed by atoms with van der Waals surface area (Å²) in [4.78, 5) is 0. The average Bonchev–Trinajstić information content (AvgIpc) is 0.918. The van der Waals surface area contributed by atoms with Gasteiger partial charge >= 0.3 is 33.2 Å². The molecule has 34 valence electrons. The van der Waals surface area contributed by atoms with E-state index in [9.17, 15) is 0 Å². The van der Waals surface area contributed by atoms with Crippen molar-refractivity contribution in [2.24, 2.45) is 0 Å². The Bertz CT molecular complexity index is 7.61. The zero-order chi connectivity index (χ0) is 2.71. The van der Waals surface area contributed by atoms with Gasteiger partial charge in [0.05, 0.1) is 0 Å². The molecule has 0 saturated carbocycles. The van der Waals surface area contributed by atoms with E-state index in [0.29, 0.717) is 0 Å². The summed E-state index contributed by atoms with van der Waals surface area (Å²) in [5.41, 5.74) is 0. The molecule has 0 bridgehead atoms. The number of rotatable bonds is 0. The van der Waals surface area contributed by atoms with E-state index < -0.39 is 0 Å². The molecule has 0 saturated heterocycles. The maximum atomic E-state index is 2.32. The topological polar surface area (TPSA) is 0 Å². The average molecular weight is 310 g/mol. The fourth-order valence-electron chi connectivity index (χ4n) is 0. The molecular weight excluding hydrogens is 302 g/mol. The summed E-state index contributed by atoms with van der Waals surface area (Å²) in [6, 6.07) is 0. The van der Waals surface area contributed by atoms with Gasteiger partial charge in [0, 0.05) is 0 Å². The third-order valence-corrected chi connectivity index (χ3v) is 0. The Labute approximate surface area is 57.7 Å². The number of hydrogen-bond donors (Lipinski definition) is 0. The fourth-order valence-corrected chi connectivity index (χ4v) is 0. The normalized spacial score (nSPS) is 3.60. The molecule has 0 unspecified atom stereocenters. The maximum absolute atomic E-state index is 2.32. The van der Waals surface area contributed by atoms with Gasteiger partial charge in [-0.1, -0.05) is 0 Å². The molecule has 0 aliphatic rings. The third kappa shape index (κ3) is 29.9. The van der Waals surface area contributed by atoms with E-state index in [4.69, 9.17) is 0 Å². The van der Waals surface area contributed by atoms with Crippen LogP contribution >= 0.6 is 24.8 Å². The summed E-state index contributed by atoms with van der Waals surface area (Å²) in [6.07, 6.45) is 0. The van der Waals surface area contributed by atoms with Gasteiger partial charge in [-0.05, 0) is 0 Å². The zero-order valence-corrected chi connectivity index (χ0v) is 8.84. The number of halogens is 2. The molecule has 0 atom stereocenters. The van der Waals surface area contributed by atoms with E-state index in [1.807, 2.05) is 0 Å². The van der Waals surface area contributed by atoms with E-state index in [2.05, 4.69) is 8.97 Å². The molecule has 0 aromatic carbocycles. The molecule has 2 radical (unpaired) electrons. The van der Waals surface area contributed by atoms with E-state index in [0.717, 1.165) is 0 Å². The second-order valence-corrected chi connectivity index (χ2v) is 4.39. The van der Waals surface area contributed by atoms with Crippen molar-refractivity contribution in [1.29, 1.82) is 0 Å². The van der Waals surface area contributed by atoms with Crippen LogP contribution in [0.25, 0.3) is 0 Å². The predicted molar refractivity (Wildman–Crippen MR) is 32.0 cm³/mol. The van der Waals surface area contributed by atoms with Gasteiger partial charge in [-0.2, -0.15) is 0 Å². The van der Waals surface area contributed by atoms with Crippen LogP contribution in [-0.4, -0.2) is 24.2 Å². The molecule has 5 heavy (non-hydrogen) atoms. The van der Waals surface area contributed by atoms with Gasteiger partial charge in [0.15, 0.2) is 0 Å². The first-order valence-electron chi connectivity index (χ1n) is 1.00. The predicted octanol–water partition coefficient (Wildman–Crippen LogP) is 1.63. The van der Waals surface area contributed by atoms with Gasteiger partial charge in [0.2, 0.25) is 0 Å². The van der Waals surface area contributed by atoms with Crippen molar-refractivity contribution in [3.63, 3.8) is 0 Å². The van der Waals surface area contributed by atoms with E-state index in [-0.39, 0.29) is 49.0 Å². The van der Waals surface area contributed by atoms with Gasteiger partial charge < -0.3 is 0 Å². The van der Waals surface area contributed by atoms with Crippen LogP contribution in [-0.2, 0) is 0 Å². The molecular formula is C2H8Cl2Pb. The molecule has 0 N–H and O–H groups in total. The van der Waals surface area contributed by atoms with Gasteiger partial charge in [-0.3, -0.25) is 0 Å². The molecule has 0 aliphatic carbocycles. The van der Waals surface area contributed by atoms with Crippen molar-refractivity contribution in [3.05, 3.63) is 0 Å². The Morgan fingerprint density at radius 1 is 1.00 bits per heavy atom. The van der Waals surface area contributed by atoms with Crippen molar-refractivity contribution in [3.8, 4) is 0 Å². The Balaban J connectivity index is -0.0000000200. The first-order valence-corrected chi connectivity index (χ1v) is 8.77. The van der Waals surface area contributed by atoms with Crippen molar-refractivity contribution >= 4 is 49.0 Å². The molecule has 3 heteroatoms. The van der Waals surface area contributed by atoms with Crippen LogP contribution in [0.3, 0.4) is 0 Å². The third-order valence-electron chi connectivity index (χ3n) is 0. The van der Waals surface area contributed by atoms with Crippen LogP contribution < -0.4 is 0 Å². The second kappa shape index (κ2) is 17.8. The summed E-state index contributed by atoms with van der Waals surface area (Å²) in [5.74, 6) is 0. The van der Waals surface area contributed by atoms with Crippen LogP contribution in [0, 0.1) is 0 Å². The Morgan fingerprint density at radius 2 is 1.00 bits per heavy atom. The van der Waals surface area contributed by atoms with Crippen LogP contribution in [0.5, 0.6) is 0 Å². The zero-order valence-electron chi connectivity index (χ0n) is 3.32. The first-order chi connectivity index (χ1) is 1.41. The standard InChI is InChI=1S/2CH3.2ClH.Pb/h2*1H3;2*1H;. The monoisotopic (exact) mass is 310 g/mol. The molecule has 0 heterocycles. The van der Waals surface area contributed by atoms with Crippen molar-refractivity contribution < 1.29 is 0 Å². The van der Waals surface area contributed by atoms with Crippen LogP contribution in [0.1, 0.15) is 0 Å². The molecule has 0 rings (SSSR count). The molecule has 0 fully saturated rings. The van der Waals surface area contributed by atoms with E-state index in [1.165, 1.54) is 0 Å². The van der Waals surface area contributed by atoms with Crippen LogP contribution in [0.4, 0.5) is 0 Å². The van der Waals surface area contributed by atoms with Gasteiger partial charge in [-0.15, -0.1) is 24.8 Å². The van der Waals surface area contributed by atoms with Crippen molar-refractivity contribution in [2.45, 2.75) is 8.97 Å². The molecule has 0 spiro atoms. The molecule has 0 nitrogen and oxygen atoms in total. The Kier molecular flexibility index (Phi) is 57.2. The van der Waals surface area contributed by atoms with Crippen molar-refractivity contribution in [1.82, 2.24) is 0 Å². The van der Waals surface area contributed by atoms with Crippen LogP contribution in [0.15, 0.2) is 0 Å². The minimum absolute atomic E-state index is 0. The Morgan fingerprint density at radius 3 is 1.00 bits per heavy atom. The van der Waals surface area contributed by atoms with Crippen LogP contribution in [0.2, 0.25) is 8.97 Å². The first kappa shape index (κ1) is 16.0. The number of hydrogen-bond acceptors (Lipinski definition) is 0. The molecule has 0 aromatic rings. The summed E-state index contributed by atoms with van der Waals surface area (Å²) >= 11 is 0.0833. The minimum atomic E-state index is 0. The summed E-state index contributed by atoms with van der Waals surface area (Å²) < 4.78 is 4.64. The van der Waals surface area contributed by atoms with Gasteiger partial charge in [0.25, 0.3) is 0 Å². The SMILES string of the molecule is Cl.Cl.[CH3][Pb][CH3]. The fraction of sp³-hybridized carbons (Fsp3) is 1.00. The summed E-state index contributed by atoms with van der Waals surface area (Å²) in [5, 5.41) is 0. The Hall–Kier alpha value is 1.50. The molecule has 0 aromatic heterocycles. The van der Waals surface area contributed by atoms with E-state index in [1.54, 1.807) is 0 Å².